The topological polar surface area (TPSA) is 21.3 Å². The van der Waals surface area contributed by atoms with Gasteiger partial charge in [0.05, 0.1) is 18.1 Å². The zero-order chi connectivity index (χ0) is 11.8. The summed E-state index contributed by atoms with van der Waals surface area (Å²) in [5.74, 6) is 0. The van der Waals surface area contributed by atoms with Crippen LogP contribution in [-0.4, -0.2) is 25.8 Å². The number of ether oxygens (including phenoxy) is 1. The lowest BCUT2D eigenvalue weighted by Gasteiger charge is -2.12. The Kier molecular flexibility index (Phi) is 6.46. The molecule has 0 aliphatic heterocycles. The van der Waals surface area contributed by atoms with Gasteiger partial charge in [0.1, 0.15) is 0 Å². The van der Waals surface area contributed by atoms with Crippen molar-refractivity contribution in [1.82, 2.24) is 5.32 Å². The quantitative estimate of drug-likeness (QED) is 0.585. The van der Waals surface area contributed by atoms with Crippen LogP contribution in [0.5, 0.6) is 0 Å². The minimum Gasteiger partial charge on any atom is -0.377 e. The number of hydrogen-bond acceptors (Lipinski definition) is 2. The van der Waals surface area contributed by atoms with Crippen molar-refractivity contribution < 1.29 is 4.74 Å². The van der Waals surface area contributed by atoms with E-state index < -0.39 is 0 Å². The lowest BCUT2D eigenvalue weighted by Crippen LogP contribution is -2.24. The average Bonchev–Trinajstić information content (AvgIpc) is 2.29. The van der Waals surface area contributed by atoms with Crippen LogP contribution < -0.4 is 5.32 Å². The molecule has 3 heteroatoms. The standard InChI is InChI=1S/C13H20ClNO/c1-11(2)16-9-8-15-10-13(14)12-6-4-3-5-7-12/h3-7,11,13,15H,8-10H2,1-2H3. The van der Waals surface area contributed by atoms with Crippen LogP contribution in [0, 0.1) is 0 Å². The molecule has 90 valence electrons. The summed E-state index contributed by atoms with van der Waals surface area (Å²) in [6, 6.07) is 10.1. The highest BCUT2D eigenvalue weighted by Gasteiger charge is 2.05. The molecule has 1 N–H and O–H groups in total. The lowest BCUT2D eigenvalue weighted by atomic mass is 10.1. The predicted octanol–water partition coefficient (Wildman–Crippen LogP) is 2.98. The fourth-order valence-corrected chi connectivity index (χ4v) is 1.63. The second-order valence-corrected chi connectivity index (χ2v) is 4.53. The van der Waals surface area contributed by atoms with Crippen LogP contribution in [0.2, 0.25) is 0 Å². The molecule has 0 aliphatic carbocycles. The van der Waals surface area contributed by atoms with Crippen molar-refractivity contribution in [3.8, 4) is 0 Å². The Balaban J connectivity index is 2.14. The van der Waals surface area contributed by atoms with Crippen LogP contribution in [-0.2, 0) is 4.74 Å². The lowest BCUT2D eigenvalue weighted by molar-refractivity contribution is 0.0809. The Labute approximate surface area is 103 Å². The Bertz CT molecular complexity index is 277. The molecular formula is C13H20ClNO. The van der Waals surface area contributed by atoms with Crippen LogP contribution in [0.15, 0.2) is 30.3 Å². The summed E-state index contributed by atoms with van der Waals surface area (Å²) in [6.07, 6.45) is 0.294. The monoisotopic (exact) mass is 241 g/mol. The highest BCUT2D eigenvalue weighted by atomic mass is 35.5. The number of nitrogens with one attached hydrogen (secondary N) is 1. The molecule has 16 heavy (non-hydrogen) atoms. The van der Waals surface area contributed by atoms with Crippen LogP contribution in [0.1, 0.15) is 24.8 Å². The van der Waals surface area contributed by atoms with E-state index in [1.165, 1.54) is 0 Å². The van der Waals surface area contributed by atoms with Crippen molar-refractivity contribution in [2.75, 3.05) is 19.7 Å². The Morgan fingerprint density at radius 1 is 1.25 bits per heavy atom. The number of hydrogen-bond donors (Lipinski definition) is 1. The first-order valence-corrected chi connectivity index (χ1v) is 6.15. The second-order valence-electron chi connectivity index (χ2n) is 4.00. The molecule has 0 aliphatic rings. The van der Waals surface area contributed by atoms with Crippen molar-refractivity contribution in [2.45, 2.75) is 25.3 Å². The first-order valence-electron chi connectivity index (χ1n) is 5.71. The third-order valence-corrected chi connectivity index (χ3v) is 2.62. The summed E-state index contributed by atoms with van der Waals surface area (Å²) in [6.45, 7) is 6.42. The third kappa shape index (κ3) is 5.50. The van der Waals surface area contributed by atoms with E-state index in [0.29, 0.717) is 6.10 Å². The van der Waals surface area contributed by atoms with Crippen LogP contribution in [0.3, 0.4) is 0 Å². The average molecular weight is 242 g/mol. The van der Waals surface area contributed by atoms with E-state index in [0.717, 1.165) is 25.3 Å². The van der Waals surface area contributed by atoms with E-state index in [4.69, 9.17) is 16.3 Å². The number of rotatable bonds is 7. The van der Waals surface area contributed by atoms with Gasteiger partial charge in [0.25, 0.3) is 0 Å². The molecular weight excluding hydrogens is 222 g/mol. The molecule has 1 rings (SSSR count). The summed E-state index contributed by atoms with van der Waals surface area (Å²) < 4.78 is 5.42. The maximum absolute atomic E-state index is 6.24. The molecule has 0 saturated heterocycles. The summed E-state index contributed by atoms with van der Waals surface area (Å²) in [5.41, 5.74) is 1.15. The zero-order valence-corrected chi connectivity index (χ0v) is 10.7. The minimum atomic E-state index is 0.0280. The van der Waals surface area contributed by atoms with Crippen molar-refractivity contribution in [3.63, 3.8) is 0 Å². The van der Waals surface area contributed by atoms with Gasteiger partial charge in [-0.2, -0.15) is 0 Å². The van der Waals surface area contributed by atoms with Gasteiger partial charge in [0, 0.05) is 13.1 Å². The van der Waals surface area contributed by atoms with Gasteiger partial charge in [-0.25, -0.2) is 0 Å². The van der Waals surface area contributed by atoms with Gasteiger partial charge in [0.15, 0.2) is 0 Å². The normalized spacial score (nSPS) is 13.0. The van der Waals surface area contributed by atoms with Crippen molar-refractivity contribution in [3.05, 3.63) is 35.9 Å². The first kappa shape index (κ1) is 13.5. The summed E-state index contributed by atoms with van der Waals surface area (Å²) in [5, 5.41) is 3.31. The second kappa shape index (κ2) is 7.66. The SMILES string of the molecule is CC(C)OCCNCC(Cl)c1ccccc1. The fraction of sp³-hybridized carbons (Fsp3) is 0.538. The van der Waals surface area contributed by atoms with Crippen LogP contribution >= 0.6 is 11.6 Å². The Morgan fingerprint density at radius 2 is 1.94 bits per heavy atom. The number of alkyl halides is 1. The molecule has 0 fully saturated rings. The van der Waals surface area contributed by atoms with E-state index in [9.17, 15) is 0 Å². The van der Waals surface area contributed by atoms with Gasteiger partial charge in [-0.05, 0) is 19.4 Å². The summed E-state index contributed by atoms with van der Waals surface area (Å²) >= 11 is 6.24. The first-order chi connectivity index (χ1) is 7.70. The van der Waals surface area contributed by atoms with E-state index >= 15 is 0 Å². The third-order valence-electron chi connectivity index (χ3n) is 2.21. The maximum atomic E-state index is 6.24. The summed E-state index contributed by atoms with van der Waals surface area (Å²) in [7, 11) is 0. The predicted molar refractivity (Wildman–Crippen MR) is 69.0 cm³/mol. The highest BCUT2D eigenvalue weighted by Crippen LogP contribution is 2.18. The molecule has 0 radical (unpaired) electrons. The molecule has 2 nitrogen and oxygen atoms in total. The zero-order valence-electron chi connectivity index (χ0n) is 9.95. The maximum Gasteiger partial charge on any atom is 0.0709 e. The molecule has 1 atom stereocenters. The van der Waals surface area contributed by atoms with Crippen molar-refractivity contribution in [2.24, 2.45) is 0 Å². The van der Waals surface area contributed by atoms with E-state index in [1.54, 1.807) is 0 Å². The molecule has 0 heterocycles. The van der Waals surface area contributed by atoms with E-state index in [2.05, 4.69) is 5.32 Å². The largest absolute Gasteiger partial charge is 0.377 e. The van der Waals surface area contributed by atoms with Gasteiger partial charge in [-0.1, -0.05) is 30.3 Å². The van der Waals surface area contributed by atoms with E-state index in [-0.39, 0.29) is 5.38 Å². The molecule has 0 saturated carbocycles. The van der Waals surface area contributed by atoms with Gasteiger partial charge in [0.2, 0.25) is 0 Å². The van der Waals surface area contributed by atoms with Crippen molar-refractivity contribution >= 4 is 11.6 Å². The molecule has 1 aromatic carbocycles. The number of benzene rings is 1. The molecule has 1 aromatic rings. The van der Waals surface area contributed by atoms with Gasteiger partial charge >= 0.3 is 0 Å². The van der Waals surface area contributed by atoms with Crippen LogP contribution in [0.4, 0.5) is 0 Å². The van der Waals surface area contributed by atoms with Gasteiger partial charge in [-0.15, -0.1) is 11.6 Å². The van der Waals surface area contributed by atoms with Crippen LogP contribution in [0.25, 0.3) is 0 Å². The Hall–Kier alpha value is -0.570. The minimum absolute atomic E-state index is 0.0280. The molecule has 0 spiro atoms. The summed E-state index contributed by atoms with van der Waals surface area (Å²) in [4.78, 5) is 0. The molecule has 0 amide bonds. The van der Waals surface area contributed by atoms with Gasteiger partial charge < -0.3 is 10.1 Å². The van der Waals surface area contributed by atoms with Gasteiger partial charge in [-0.3, -0.25) is 0 Å². The number of halogens is 1. The highest BCUT2D eigenvalue weighted by molar-refractivity contribution is 6.21. The molecule has 0 bridgehead atoms. The fourth-order valence-electron chi connectivity index (χ4n) is 1.38. The van der Waals surface area contributed by atoms with E-state index in [1.807, 2.05) is 44.2 Å². The smallest absolute Gasteiger partial charge is 0.0709 e. The van der Waals surface area contributed by atoms with Crippen molar-refractivity contribution in [1.29, 1.82) is 0 Å². The molecule has 0 aromatic heterocycles. The molecule has 1 unspecified atom stereocenters. The Morgan fingerprint density at radius 3 is 2.56 bits per heavy atom.